The number of aromatic nitrogens is 2. The first-order valence-electron chi connectivity index (χ1n) is 6.97. The van der Waals surface area contributed by atoms with Crippen LogP contribution in [0.4, 0.5) is 8.78 Å². The molecule has 23 heavy (non-hydrogen) atoms. The third-order valence-electron chi connectivity index (χ3n) is 3.44. The second-order valence-corrected chi connectivity index (χ2v) is 5.44. The molecule has 0 bridgehead atoms. The van der Waals surface area contributed by atoms with E-state index >= 15 is 0 Å². The van der Waals surface area contributed by atoms with Crippen molar-refractivity contribution in [1.82, 2.24) is 9.55 Å². The van der Waals surface area contributed by atoms with Gasteiger partial charge >= 0.3 is 6.61 Å². The highest BCUT2D eigenvalue weighted by Gasteiger charge is 2.10. The topological polar surface area (TPSA) is 29.9 Å². The summed E-state index contributed by atoms with van der Waals surface area (Å²) in [7, 11) is 0. The summed E-state index contributed by atoms with van der Waals surface area (Å²) in [5.41, 5.74) is 3.85. The van der Waals surface area contributed by atoms with Crippen molar-refractivity contribution in [3.8, 4) is 22.7 Å². The van der Waals surface area contributed by atoms with Gasteiger partial charge in [-0.05, 0) is 43.4 Å². The molecule has 0 spiro atoms. The van der Waals surface area contributed by atoms with E-state index in [2.05, 4.69) is 9.72 Å². The fourth-order valence-corrected chi connectivity index (χ4v) is 2.60. The predicted octanol–water partition coefficient (Wildman–Crippen LogP) is 5.11. The number of halogens is 2. The average Bonchev–Trinajstić information content (AvgIpc) is 2.90. The van der Waals surface area contributed by atoms with Crippen LogP contribution < -0.4 is 4.74 Å². The molecule has 0 aliphatic rings. The van der Waals surface area contributed by atoms with Crippen molar-refractivity contribution < 1.29 is 13.5 Å². The first-order valence-corrected chi connectivity index (χ1v) is 7.38. The minimum Gasteiger partial charge on any atom is -0.435 e. The Balaban J connectivity index is 2.01. The molecule has 0 radical (unpaired) electrons. The number of imidazole rings is 1. The van der Waals surface area contributed by atoms with Crippen LogP contribution in [0.5, 0.6) is 5.75 Å². The molecule has 0 fully saturated rings. The van der Waals surface area contributed by atoms with Crippen LogP contribution in [0.3, 0.4) is 0 Å². The molecule has 6 heteroatoms. The number of H-pyrrole nitrogens is 1. The van der Waals surface area contributed by atoms with Crippen LogP contribution in [0, 0.1) is 11.7 Å². The van der Waals surface area contributed by atoms with Crippen molar-refractivity contribution in [2.45, 2.75) is 13.5 Å². The van der Waals surface area contributed by atoms with Gasteiger partial charge in [0, 0.05) is 17.4 Å². The number of alkyl halides is 2. The molecular weight excluding hydrogens is 318 g/mol. The Morgan fingerprint density at radius 1 is 1.04 bits per heavy atom. The number of aryl methyl sites for hydroxylation is 1. The molecule has 3 nitrogen and oxygen atoms in total. The van der Waals surface area contributed by atoms with Gasteiger partial charge in [0.2, 0.25) is 0 Å². The first-order chi connectivity index (χ1) is 11.0. The van der Waals surface area contributed by atoms with Crippen molar-refractivity contribution in [1.29, 1.82) is 0 Å². The Bertz CT molecular complexity index is 852. The quantitative estimate of drug-likeness (QED) is 0.673. The number of ether oxygens (including phenoxy) is 1. The number of nitrogens with one attached hydrogen (secondary N) is 1. The SMILES string of the molecule is Cc1ccc(-c2c[nH]c(=S)n2-c2ccc(OC(F)F)cc2)cc1. The van der Waals surface area contributed by atoms with E-state index in [9.17, 15) is 8.78 Å². The van der Waals surface area contributed by atoms with E-state index in [0.29, 0.717) is 4.77 Å². The van der Waals surface area contributed by atoms with E-state index < -0.39 is 6.61 Å². The summed E-state index contributed by atoms with van der Waals surface area (Å²) in [5, 5.41) is 0. The summed E-state index contributed by atoms with van der Waals surface area (Å²) in [6.45, 7) is -0.812. The van der Waals surface area contributed by atoms with Gasteiger partial charge in [-0.2, -0.15) is 8.78 Å². The molecule has 0 unspecified atom stereocenters. The van der Waals surface area contributed by atoms with E-state index in [0.717, 1.165) is 16.9 Å². The molecule has 0 amide bonds. The molecule has 118 valence electrons. The Kier molecular flexibility index (Phi) is 4.25. The van der Waals surface area contributed by atoms with Crippen LogP contribution >= 0.6 is 12.2 Å². The summed E-state index contributed by atoms with van der Waals surface area (Å²) >= 11 is 5.34. The van der Waals surface area contributed by atoms with E-state index in [1.807, 2.05) is 42.0 Å². The van der Waals surface area contributed by atoms with Crippen LogP contribution in [0.1, 0.15) is 5.56 Å². The maximum absolute atomic E-state index is 12.2. The van der Waals surface area contributed by atoms with Gasteiger partial charge in [0.1, 0.15) is 5.75 Å². The highest BCUT2D eigenvalue weighted by Crippen LogP contribution is 2.25. The Morgan fingerprint density at radius 2 is 1.70 bits per heavy atom. The fraction of sp³-hybridized carbons (Fsp3) is 0.118. The molecule has 1 heterocycles. The van der Waals surface area contributed by atoms with Gasteiger partial charge in [-0.25, -0.2) is 0 Å². The lowest BCUT2D eigenvalue weighted by atomic mass is 10.1. The van der Waals surface area contributed by atoms with Crippen LogP contribution in [0.2, 0.25) is 0 Å². The minimum absolute atomic E-state index is 0.114. The summed E-state index contributed by atoms with van der Waals surface area (Å²) in [6, 6.07) is 14.4. The molecule has 0 saturated carbocycles. The molecule has 1 aromatic heterocycles. The lowest BCUT2D eigenvalue weighted by Gasteiger charge is -2.10. The van der Waals surface area contributed by atoms with Gasteiger partial charge in [-0.3, -0.25) is 4.57 Å². The molecular formula is C17H14F2N2OS. The third-order valence-corrected chi connectivity index (χ3v) is 3.74. The highest BCUT2D eigenvalue weighted by molar-refractivity contribution is 7.71. The van der Waals surface area contributed by atoms with Crippen molar-refractivity contribution in [2.75, 3.05) is 0 Å². The van der Waals surface area contributed by atoms with Gasteiger partial charge in [-0.1, -0.05) is 29.8 Å². The predicted molar refractivity (Wildman–Crippen MR) is 87.8 cm³/mol. The number of aromatic amines is 1. The first kappa shape index (κ1) is 15.4. The standard InChI is InChI=1S/C17H14F2N2OS/c1-11-2-4-12(5-3-11)15-10-20-17(23)21(15)13-6-8-14(9-7-13)22-16(18)19/h2-10,16H,1H3,(H,20,23). The lowest BCUT2D eigenvalue weighted by Crippen LogP contribution is -2.02. The van der Waals surface area contributed by atoms with Crippen LogP contribution in [-0.2, 0) is 0 Å². The van der Waals surface area contributed by atoms with Gasteiger partial charge in [0.15, 0.2) is 4.77 Å². The molecule has 0 aliphatic heterocycles. The highest BCUT2D eigenvalue weighted by atomic mass is 32.1. The minimum atomic E-state index is -2.83. The average molecular weight is 332 g/mol. The number of hydrogen-bond acceptors (Lipinski definition) is 2. The van der Waals surface area contributed by atoms with Crippen LogP contribution in [-0.4, -0.2) is 16.2 Å². The Hall–Kier alpha value is -2.47. The normalized spacial score (nSPS) is 11.0. The zero-order valence-corrected chi connectivity index (χ0v) is 13.1. The van der Waals surface area contributed by atoms with Crippen LogP contribution in [0.15, 0.2) is 54.7 Å². The number of hydrogen-bond donors (Lipinski definition) is 1. The molecule has 0 saturated heterocycles. The molecule has 0 aliphatic carbocycles. The summed E-state index contributed by atoms with van der Waals surface area (Å²) in [5.74, 6) is 0.114. The van der Waals surface area contributed by atoms with Gasteiger partial charge in [-0.15, -0.1) is 0 Å². The van der Waals surface area contributed by atoms with Crippen molar-refractivity contribution >= 4 is 12.2 Å². The van der Waals surface area contributed by atoms with E-state index in [1.165, 1.54) is 17.7 Å². The van der Waals surface area contributed by atoms with E-state index in [-0.39, 0.29) is 5.75 Å². The zero-order valence-electron chi connectivity index (χ0n) is 12.3. The lowest BCUT2D eigenvalue weighted by molar-refractivity contribution is -0.0498. The maximum atomic E-state index is 12.2. The number of benzene rings is 2. The van der Waals surface area contributed by atoms with Gasteiger partial charge in [0.05, 0.1) is 5.69 Å². The Morgan fingerprint density at radius 3 is 2.30 bits per heavy atom. The van der Waals surface area contributed by atoms with Crippen LogP contribution in [0.25, 0.3) is 16.9 Å². The van der Waals surface area contributed by atoms with Crippen molar-refractivity contribution in [2.24, 2.45) is 0 Å². The number of nitrogens with zero attached hydrogens (tertiary/aromatic N) is 1. The molecule has 3 rings (SSSR count). The third kappa shape index (κ3) is 3.32. The largest absolute Gasteiger partial charge is 0.435 e. The van der Waals surface area contributed by atoms with Gasteiger partial charge in [0.25, 0.3) is 0 Å². The summed E-state index contributed by atoms with van der Waals surface area (Å²) < 4.78 is 31.2. The summed E-state index contributed by atoms with van der Waals surface area (Å²) in [6.07, 6.45) is 1.83. The van der Waals surface area contributed by atoms with Crippen molar-refractivity contribution in [3.05, 3.63) is 65.1 Å². The second-order valence-electron chi connectivity index (χ2n) is 5.05. The van der Waals surface area contributed by atoms with Gasteiger partial charge < -0.3 is 9.72 Å². The monoisotopic (exact) mass is 332 g/mol. The second kappa shape index (κ2) is 6.34. The van der Waals surface area contributed by atoms with E-state index in [1.54, 1.807) is 12.1 Å². The zero-order chi connectivity index (χ0) is 16.4. The molecule has 0 atom stereocenters. The molecule has 1 N–H and O–H groups in total. The van der Waals surface area contributed by atoms with E-state index in [4.69, 9.17) is 12.2 Å². The maximum Gasteiger partial charge on any atom is 0.387 e. The molecule has 3 aromatic rings. The summed E-state index contributed by atoms with van der Waals surface area (Å²) in [4.78, 5) is 3.02. The smallest absolute Gasteiger partial charge is 0.387 e. The fourth-order valence-electron chi connectivity index (χ4n) is 2.34. The molecule has 2 aromatic carbocycles. The Labute approximate surface area is 137 Å². The number of rotatable bonds is 4. The van der Waals surface area contributed by atoms with Crippen molar-refractivity contribution in [3.63, 3.8) is 0 Å².